The minimum atomic E-state index is -5.03. The van der Waals surface area contributed by atoms with Gasteiger partial charge in [0.25, 0.3) is 0 Å². The van der Waals surface area contributed by atoms with E-state index < -0.39 is 63.1 Å². The predicted octanol–water partition coefficient (Wildman–Crippen LogP) is 12.3. The Morgan fingerprint density at radius 1 is 0.485 bits per heavy atom. The fraction of sp³-hybridized carbons (Fsp3) is 0.764. The average molecular weight is 981 g/mol. The monoisotopic (exact) mass is 981 g/mol. The van der Waals surface area contributed by atoms with Gasteiger partial charge in [-0.1, -0.05) is 189 Å². The van der Waals surface area contributed by atoms with Gasteiger partial charge in [0.1, 0.15) is 42.7 Å². The number of phosphoric ester groups is 1. The average Bonchev–Trinajstić information content (AvgIpc) is 3.32. The van der Waals surface area contributed by atoms with Crippen LogP contribution < -0.4 is 0 Å². The zero-order chi connectivity index (χ0) is 49.8. The summed E-state index contributed by atoms with van der Waals surface area (Å²) in [6.45, 7) is 4.14. The van der Waals surface area contributed by atoms with Gasteiger partial charge in [0.2, 0.25) is 0 Å². The smallest absolute Gasteiger partial charge is 0.457 e. The molecule has 68 heavy (non-hydrogen) atoms. The topological polar surface area (TPSA) is 192 Å². The summed E-state index contributed by atoms with van der Waals surface area (Å²) in [6, 6.07) is 0. The molecule has 6 N–H and O–H groups in total. The van der Waals surface area contributed by atoms with Crippen LogP contribution in [0.2, 0.25) is 0 Å². The number of hydrogen-bond donors (Lipinski definition) is 6. The van der Waals surface area contributed by atoms with Crippen LogP contribution in [0.5, 0.6) is 0 Å². The maximum atomic E-state index is 12.9. The van der Waals surface area contributed by atoms with Gasteiger partial charge in [-0.2, -0.15) is 0 Å². The number of aliphatic hydroxyl groups excluding tert-OH is 5. The molecule has 1 saturated carbocycles. The normalized spacial score (nSPS) is 21.7. The van der Waals surface area contributed by atoms with Crippen molar-refractivity contribution in [2.24, 2.45) is 0 Å². The number of aliphatic hydroxyl groups is 5. The SMILES string of the molecule is CC/C=C\C/C=C\C/C=C\C/C=C\C/C=C\CCCCCCCCCC(=O)OC(COCCCCCCCCCC/C=C\CCCCCCCC)COP(=O)(O)OC1C(O)C(O)C(O)C(O)C1O. The second kappa shape index (κ2) is 44.7. The number of phosphoric acid groups is 1. The molecule has 394 valence electrons. The van der Waals surface area contributed by atoms with Crippen molar-refractivity contribution in [1.82, 2.24) is 0 Å². The van der Waals surface area contributed by atoms with Crippen LogP contribution >= 0.6 is 7.82 Å². The molecule has 1 aliphatic carbocycles. The van der Waals surface area contributed by atoms with E-state index in [1.807, 2.05) is 0 Å². The van der Waals surface area contributed by atoms with Crippen LogP contribution in [0.15, 0.2) is 72.9 Å². The van der Waals surface area contributed by atoms with Crippen molar-refractivity contribution >= 4 is 13.8 Å². The molecule has 12 nitrogen and oxygen atoms in total. The fourth-order valence-corrected chi connectivity index (χ4v) is 8.82. The van der Waals surface area contributed by atoms with Gasteiger partial charge >= 0.3 is 13.8 Å². The Hall–Kier alpha value is -2.22. The molecule has 1 rings (SSSR count). The van der Waals surface area contributed by atoms with Crippen molar-refractivity contribution in [3.8, 4) is 0 Å². The second-order valence-electron chi connectivity index (χ2n) is 18.3. The molecule has 0 bridgehead atoms. The van der Waals surface area contributed by atoms with E-state index in [0.29, 0.717) is 13.0 Å². The largest absolute Gasteiger partial charge is 0.472 e. The molecule has 0 aromatic heterocycles. The van der Waals surface area contributed by atoms with E-state index in [4.69, 9.17) is 18.5 Å². The highest BCUT2D eigenvalue weighted by Crippen LogP contribution is 2.47. The third-order valence-electron chi connectivity index (χ3n) is 12.1. The number of ether oxygens (including phenoxy) is 2. The number of allylic oxidation sites excluding steroid dienone is 12. The summed E-state index contributed by atoms with van der Waals surface area (Å²) in [5.41, 5.74) is 0. The van der Waals surface area contributed by atoms with Gasteiger partial charge in [-0.3, -0.25) is 13.8 Å². The molecule has 13 heteroatoms. The highest BCUT2D eigenvalue weighted by atomic mass is 31.2. The lowest BCUT2D eigenvalue weighted by Gasteiger charge is -2.41. The Morgan fingerprint density at radius 2 is 0.868 bits per heavy atom. The molecule has 1 aliphatic rings. The summed E-state index contributed by atoms with van der Waals surface area (Å²) in [5, 5.41) is 50.4. The Balaban J connectivity index is 2.34. The standard InChI is InChI=1S/C55H97O12P/c1-3-5-7-9-11-13-15-17-19-21-23-24-25-26-27-28-30-32-34-36-38-40-42-44-49(56)66-48(47-65-68(62,63)67-55-53(60)51(58)50(57)52(59)54(55)61)46-64-45-43-41-39-37-35-33-31-29-22-20-18-16-14-12-10-8-6-4-2/h5,7,11,13,17-20,23-24,26-27,48,50-55,57-61H,3-4,6,8-10,12,14-16,21-22,25,28-47H2,1-2H3,(H,62,63)/b7-5-,13-11-,19-17-,20-18-,24-23-,27-26-. The van der Waals surface area contributed by atoms with Crippen molar-refractivity contribution < 1.29 is 58.3 Å². The second-order valence-corrected chi connectivity index (χ2v) is 19.7. The number of unbranched alkanes of at least 4 members (excludes halogenated alkanes) is 21. The van der Waals surface area contributed by atoms with Crippen LogP contribution in [-0.2, 0) is 27.9 Å². The van der Waals surface area contributed by atoms with Gasteiger partial charge in [0.05, 0.1) is 13.2 Å². The van der Waals surface area contributed by atoms with Gasteiger partial charge in [0.15, 0.2) is 0 Å². The Bertz CT molecular complexity index is 1400. The van der Waals surface area contributed by atoms with E-state index >= 15 is 0 Å². The first-order valence-electron chi connectivity index (χ1n) is 26.8. The molecule has 0 saturated heterocycles. The first-order chi connectivity index (χ1) is 33.0. The fourth-order valence-electron chi connectivity index (χ4n) is 7.85. The Kier molecular flexibility index (Phi) is 41.9. The van der Waals surface area contributed by atoms with Crippen molar-refractivity contribution in [1.29, 1.82) is 0 Å². The van der Waals surface area contributed by atoms with Gasteiger partial charge in [-0.25, -0.2) is 4.57 Å². The number of carbonyl (C=O) groups excluding carboxylic acids is 1. The van der Waals surface area contributed by atoms with E-state index in [0.717, 1.165) is 109 Å². The van der Waals surface area contributed by atoms with E-state index in [1.165, 1.54) is 70.6 Å². The number of rotatable bonds is 45. The highest BCUT2D eigenvalue weighted by molar-refractivity contribution is 7.47. The van der Waals surface area contributed by atoms with E-state index in [-0.39, 0.29) is 13.0 Å². The van der Waals surface area contributed by atoms with Crippen LogP contribution in [0.25, 0.3) is 0 Å². The zero-order valence-electron chi connectivity index (χ0n) is 42.4. The van der Waals surface area contributed by atoms with Crippen molar-refractivity contribution in [3.63, 3.8) is 0 Å². The molecule has 0 aromatic carbocycles. The Labute approximate surface area is 412 Å². The number of carbonyl (C=O) groups is 1. The molecule has 6 atom stereocenters. The van der Waals surface area contributed by atoms with Crippen LogP contribution in [0.4, 0.5) is 0 Å². The molecule has 1 fully saturated rings. The summed E-state index contributed by atoms with van der Waals surface area (Å²) in [7, 11) is -5.03. The van der Waals surface area contributed by atoms with Crippen LogP contribution in [0, 0.1) is 0 Å². The van der Waals surface area contributed by atoms with Crippen LogP contribution in [-0.4, -0.2) is 98.9 Å². The van der Waals surface area contributed by atoms with Gasteiger partial charge in [-0.05, 0) is 83.5 Å². The zero-order valence-corrected chi connectivity index (χ0v) is 43.3. The molecule has 0 radical (unpaired) electrons. The highest BCUT2D eigenvalue weighted by Gasteiger charge is 2.51. The quantitative estimate of drug-likeness (QED) is 0.0147. The van der Waals surface area contributed by atoms with Gasteiger partial charge in [-0.15, -0.1) is 0 Å². The molecular formula is C55H97O12P. The minimum Gasteiger partial charge on any atom is -0.457 e. The van der Waals surface area contributed by atoms with Crippen molar-refractivity contribution in [3.05, 3.63) is 72.9 Å². The lowest BCUT2D eigenvalue weighted by molar-refractivity contribution is -0.220. The van der Waals surface area contributed by atoms with E-state index in [9.17, 15) is 39.8 Å². The maximum absolute atomic E-state index is 12.9. The summed E-state index contributed by atoms with van der Waals surface area (Å²) in [6.07, 6.45) is 46.7. The Morgan fingerprint density at radius 3 is 1.34 bits per heavy atom. The third-order valence-corrected chi connectivity index (χ3v) is 13.0. The van der Waals surface area contributed by atoms with E-state index in [2.05, 4.69) is 86.8 Å². The lowest BCUT2D eigenvalue weighted by atomic mass is 9.85. The van der Waals surface area contributed by atoms with Crippen molar-refractivity contribution in [2.45, 2.75) is 249 Å². The molecule has 0 spiro atoms. The van der Waals surface area contributed by atoms with Crippen LogP contribution in [0.1, 0.15) is 206 Å². The lowest BCUT2D eigenvalue weighted by Crippen LogP contribution is -2.64. The molecule has 0 aliphatic heterocycles. The molecule has 0 amide bonds. The first-order valence-corrected chi connectivity index (χ1v) is 28.3. The number of hydrogen-bond acceptors (Lipinski definition) is 11. The summed E-state index contributed by atoms with van der Waals surface area (Å²) < 4.78 is 34.3. The summed E-state index contributed by atoms with van der Waals surface area (Å²) >= 11 is 0. The third kappa shape index (κ3) is 35.8. The number of esters is 1. The molecule has 0 aromatic rings. The predicted molar refractivity (Wildman–Crippen MR) is 276 cm³/mol. The summed E-state index contributed by atoms with van der Waals surface area (Å²) in [5.74, 6) is -0.490. The van der Waals surface area contributed by atoms with Crippen molar-refractivity contribution in [2.75, 3.05) is 19.8 Å². The molecule has 0 heterocycles. The van der Waals surface area contributed by atoms with Gasteiger partial charge in [0, 0.05) is 13.0 Å². The molecule has 6 unspecified atom stereocenters. The molecular weight excluding hydrogens is 884 g/mol. The van der Waals surface area contributed by atoms with Crippen LogP contribution in [0.3, 0.4) is 0 Å². The van der Waals surface area contributed by atoms with Gasteiger partial charge < -0.3 is 39.9 Å². The minimum absolute atomic E-state index is 0.0862. The first kappa shape index (κ1) is 63.8. The van der Waals surface area contributed by atoms with E-state index in [1.54, 1.807) is 0 Å². The maximum Gasteiger partial charge on any atom is 0.472 e. The summed E-state index contributed by atoms with van der Waals surface area (Å²) in [4.78, 5) is 23.3.